The third kappa shape index (κ3) is 4.34. The van der Waals surface area contributed by atoms with Gasteiger partial charge < -0.3 is 15.1 Å². The first-order valence-corrected chi connectivity index (χ1v) is 10.3. The maximum absolute atomic E-state index is 12.8. The van der Waals surface area contributed by atoms with Crippen LogP contribution in [0.5, 0.6) is 0 Å². The number of hydrogen-bond donors (Lipinski definition) is 2. The third-order valence-corrected chi connectivity index (χ3v) is 5.66. The number of anilines is 2. The smallest absolute Gasteiger partial charge is 0.362 e. The van der Waals surface area contributed by atoms with Gasteiger partial charge in [0.1, 0.15) is 5.58 Å². The second-order valence-corrected chi connectivity index (χ2v) is 7.84. The summed E-state index contributed by atoms with van der Waals surface area (Å²) < 4.78 is 5.47. The lowest BCUT2D eigenvalue weighted by atomic mass is 9.89. The van der Waals surface area contributed by atoms with Gasteiger partial charge in [0.25, 0.3) is 5.91 Å². The summed E-state index contributed by atoms with van der Waals surface area (Å²) in [5, 5.41) is 7.04. The summed E-state index contributed by atoms with van der Waals surface area (Å²) in [4.78, 5) is 25.5. The minimum atomic E-state index is -0.546. The molecule has 0 saturated heterocycles. The summed E-state index contributed by atoms with van der Waals surface area (Å²) in [6.45, 7) is 2.74. The first kappa shape index (κ1) is 19.2. The van der Waals surface area contributed by atoms with E-state index in [-0.39, 0.29) is 11.6 Å². The largest absolute Gasteiger partial charge is 0.421 e. The van der Waals surface area contributed by atoms with Crippen LogP contribution in [0.2, 0.25) is 0 Å². The molecule has 3 aromatic rings. The Kier molecular flexibility index (Phi) is 5.65. The van der Waals surface area contributed by atoms with Crippen molar-refractivity contribution in [2.24, 2.45) is 5.92 Å². The lowest BCUT2D eigenvalue weighted by molar-refractivity contribution is 0.102. The zero-order valence-electron chi connectivity index (χ0n) is 16.7. The van der Waals surface area contributed by atoms with Crippen molar-refractivity contribution in [2.75, 3.05) is 17.2 Å². The molecule has 2 aromatic carbocycles. The zero-order chi connectivity index (χ0) is 20.2. The van der Waals surface area contributed by atoms with Gasteiger partial charge in [-0.1, -0.05) is 49.1 Å². The van der Waals surface area contributed by atoms with E-state index in [1.54, 1.807) is 18.2 Å². The molecular weight excluding hydrogens is 364 g/mol. The first-order chi connectivity index (χ1) is 14.1. The molecule has 1 heterocycles. The molecule has 0 bridgehead atoms. The number of carbonyl (C=O) groups is 1. The van der Waals surface area contributed by atoms with E-state index in [1.165, 1.54) is 32.1 Å². The standard InChI is InChI=1S/C24H26N2O3/c1-16-11-13-18(14-12-16)23(27)26-22-21(25-15-17-7-3-2-4-8-17)19-9-5-6-10-20(19)29-24(22)28/h5-6,9-14,17,25H,2-4,7-8,15H2,1H3,(H,26,27). The number of para-hydroxylation sites is 1. The third-order valence-electron chi connectivity index (χ3n) is 5.66. The molecule has 1 aliphatic carbocycles. The molecule has 5 nitrogen and oxygen atoms in total. The van der Waals surface area contributed by atoms with Crippen molar-refractivity contribution in [1.29, 1.82) is 0 Å². The fourth-order valence-electron chi connectivity index (χ4n) is 3.98. The molecule has 4 rings (SSSR count). The van der Waals surface area contributed by atoms with Gasteiger partial charge in [-0.25, -0.2) is 4.79 Å². The molecule has 1 aliphatic rings. The average molecular weight is 390 g/mol. The Morgan fingerprint density at radius 2 is 1.72 bits per heavy atom. The Morgan fingerprint density at radius 1 is 1.00 bits per heavy atom. The van der Waals surface area contributed by atoms with E-state index in [4.69, 9.17) is 4.42 Å². The summed E-state index contributed by atoms with van der Waals surface area (Å²) in [5.41, 5.74) is 2.35. The van der Waals surface area contributed by atoms with Crippen LogP contribution in [0.4, 0.5) is 11.4 Å². The molecule has 150 valence electrons. The van der Waals surface area contributed by atoms with Gasteiger partial charge in [-0.05, 0) is 49.9 Å². The molecule has 0 radical (unpaired) electrons. The van der Waals surface area contributed by atoms with Crippen LogP contribution in [0.3, 0.4) is 0 Å². The van der Waals surface area contributed by atoms with Crippen LogP contribution in [0.15, 0.2) is 57.7 Å². The minimum Gasteiger partial charge on any atom is -0.421 e. The van der Waals surface area contributed by atoms with Gasteiger partial charge in [0.15, 0.2) is 5.69 Å². The summed E-state index contributed by atoms with van der Waals surface area (Å²) in [7, 11) is 0. The van der Waals surface area contributed by atoms with Crippen LogP contribution < -0.4 is 16.3 Å². The van der Waals surface area contributed by atoms with Crippen LogP contribution in [0.25, 0.3) is 11.0 Å². The summed E-state index contributed by atoms with van der Waals surface area (Å²) >= 11 is 0. The molecule has 29 heavy (non-hydrogen) atoms. The molecule has 1 saturated carbocycles. The van der Waals surface area contributed by atoms with Gasteiger partial charge in [-0.2, -0.15) is 0 Å². The predicted octanol–water partition coefficient (Wildman–Crippen LogP) is 5.35. The molecule has 0 unspecified atom stereocenters. The van der Waals surface area contributed by atoms with Crippen molar-refractivity contribution in [3.8, 4) is 0 Å². The van der Waals surface area contributed by atoms with Crippen LogP contribution >= 0.6 is 0 Å². The van der Waals surface area contributed by atoms with E-state index in [0.717, 1.165) is 17.5 Å². The summed E-state index contributed by atoms with van der Waals surface area (Å²) in [6, 6.07) is 14.7. The van der Waals surface area contributed by atoms with Crippen molar-refractivity contribution in [2.45, 2.75) is 39.0 Å². The highest BCUT2D eigenvalue weighted by atomic mass is 16.4. The molecule has 1 fully saturated rings. The fraction of sp³-hybridized carbons (Fsp3) is 0.333. The monoisotopic (exact) mass is 390 g/mol. The fourth-order valence-corrected chi connectivity index (χ4v) is 3.98. The van der Waals surface area contributed by atoms with Crippen molar-refractivity contribution in [3.63, 3.8) is 0 Å². The Morgan fingerprint density at radius 3 is 2.48 bits per heavy atom. The van der Waals surface area contributed by atoms with Crippen molar-refractivity contribution in [1.82, 2.24) is 0 Å². The molecule has 0 aliphatic heterocycles. The molecule has 1 aromatic heterocycles. The van der Waals surface area contributed by atoms with E-state index in [9.17, 15) is 9.59 Å². The topological polar surface area (TPSA) is 71.3 Å². The number of carbonyl (C=O) groups excluding carboxylic acids is 1. The van der Waals surface area contributed by atoms with Crippen LogP contribution in [0, 0.1) is 12.8 Å². The molecule has 1 amide bonds. The van der Waals surface area contributed by atoms with Gasteiger partial charge >= 0.3 is 5.63 Å². The SMILES string of the molecule is Cc1ccc(C(=O)Nc2c(NCC3CCCCC3)c3ccccc3oc2=O)cc1. The predicted molar refractivity (Wildman–Crippen MR) is 117 cm³/mol. The molecule has 0 atom stereocenters. The average Bonchev–Trinajstić information content (AvgIpc) is 2.74. The maximum Gasteiger partial charge on any atom is 0.362 e. The molecule has 5 heteroatoms. The van der Waals surface area contributed by atoms with E-state index in [1.807, 2.05) is 37.3 Å². The number of hydrogen-bond acceptors (Lipinski definition) is 4. The van der Waals surface area contributed by atoms with E-state index >= 15 is 0 Å². The van der Waals surface area contributed by atoms with Gasteiger partial charge in [-0.3, -0.25) is 4.79 Å². The van der Waals surface area contributed by atoms with Gasteiger partial charge in [-0.15, -0.1) is 0 Å². The minimum absolute atomic E-state index is 0.171. The van der Waals surface area contributed by atoms with E-state index in [0.29, 0.717) is 22.8 Å². The number of fused-ring (bicyclic) bond motifs is 1. The summed E-state index contributed by atoms with van der Waals surface area (Å²) in [5.74, 6) is 0.253. The Hall–Kier alpha value is -3.08. The highest BCUT2D eigenvalue weighted by Gasteiger charge is 2.20. The Labute approximate surface area is 170 Å². The normalized spacial score (nSPS) is 14.7. The van der Waals surface area contributed by atoms with E-state index < -0.39 is 5.63 Å². The number of aryl methyl sites for hydroxylation is 1. The van der Waals surface area contributed by atoms with Crippen LogP contribution in [-0.4, -0.2) is 12.5 Å². The number of rotatable bonds is 5. The van der Waals surface area contributed by atoms with Crippen molar-refractivity contribution < 1.29 is 9.21 Å². The zero-order valence-corrected chi connectivity index (χ0v) is 16.7. The second kappa shape index (κ2) is 8.52. The van der Waals surface area contributed by atoms with Crippen LogP contribution in [0.1, 0.15) is 48.0 Å². The summed E-state index contributed by atoms with van der Waals surface area (Å²) in [6.07, 6.45) is 6.18. The number of nitrogens with one attached hydrogen (secondary N) is 2. The second-order valence-electron chi connectivity index (χ2n) is 7.84. The van der Waals surface area contributed by atoms with Gasteiger partial charge in [0, 0.05) is 17.5 Å². The quantitative estimate of drug-likeness (QED) is 0.577. The first-order valence-electron chi connectivity index (χ1n) is 10.3. The van der Waals surface area contributed by atoms with E-state index in [2.05, 4.69) is 10.6 Å². The van der Waals surface area contributed by atoms with Gasteiger partial charge in [0.2, 0.25) is 0 Å². The molecule has 0 spiro atoms. The van der Waals surface area contributed by atoms with Crippen molar-refractivity contribution >= 4 is 28.3 Å². The molecule has 2 N–H and O–H groups in total. The number of amides is 1. The van der Waals surface area contributed by atoms with Crippen molar-refractivity contribution in [3.05, 3.63) is 70.1 Å². The van der Waals surface area contributed by atoms with Gasteiger partial charge in [0.05, 0.1) is 5.69 Å². The highest BCUT2D eigenvalue weighted by Crippen LogP contribution is 2.31. The number of benzene rings is 2. The maximum atomic E-state index is 12.8. The lowest BCUT2D eigenvalue weighted by Crippen LogP contribution is -2.22. The highest BCUT2D eigenvalue weighted by molar-refractivity contribution is 6.08. The Balaban J connectivity index is 1.67. The Bertz CT molecular complexity index is 1060. The molecular formula is C24H26N2O3. The van der Waals surface area contributed by atoms with Crippen LogP contribution in [-0.2, 0) is 0 Å². The lowest BCUT2D eigenvalue weighted by Gasteiger charge is -2.23.